The lowest BCUT2D eigenvalue weighted by Crippen LogP contribution is -2.38. The molecule has 1 aromatic rings. The molecule has 1 fully saturated rings. The summed E-state index contributed by atoms with van der Waals surface area (Å²) in [5.41, 5.74) is -1.64. The van der Waals surface area contributed by atoms with Gasteiger partial charge in [0, 0.05) is 19.7 Å². The van der Waals surface area contributed by atoms with E-state index in [0.717, 1.165) is 4.90 Å². The number of nitrogens with zero attached hydrogens (tertiary/aromatic N) is 3. The molecule has 7 nitrogen and oxygen atoms in total. The van der Waals surface area contributed by atoms with Gasteiger partial charge in [0.2, 0.25) is 5.88 Å². The number of hydrogen-bond acceptors (Lipinski definition) is 5. The van der Waals surface area contributed by atoms with Gasteiger partial charge in [-0.25, -0.2) is 14.1 Å². The number of alkyl halides is 1. The van der Waals surface area contributed by atoms with Crippen molar-refractivity contribution in [2.45, 2.75) is 38.9 Å². The summed E-state index contributed by atoms with van der Waals surface area (Å²) in [5.74, 6) is -0.0164. The number of aliphatic hydroxyl groups excluding tert-OH is 1. The molecule has 1 N–H and O–H groups in total. The molecule has 0 spiro atoms. The third kappa shape index (κ3) is 2.36. The summed E-state index contributed by atoms with van der Waals surface area (Å²) in [6.45, 7) is 4.75. The highest BCUT2D eigenvalue weighted by molar-refractivity contribution is 5.93. The number of urea groups is 1. The van der Waals surface area contributed by atoms with E-state index in [1.54, 1.807) is 6.92 Å². The number of amides is 2. The monoisotopic (exact) mass is 287 g/mol. The van der Waals surface area contributed by atoms with E-state index >= 15 is 0 Å². The molecule has 0 bridgehead atoms. The predicted molar refractivity (Wildman–Crippen MR) is 67.7 cm³/mol. The fourth-order valence-electron chi connectivity index (χ4n) is 1.97. The Morgan fingerprint density at radius 3 is 2.75 bits per heavy atom. The number of aliphatic hydroxyl groups is 1. The number of hydrogen-bond donors (Lipinski definition) is 1. The minimum atomic E-state index is -1.69. The van der Waals surface area contributed by atoms with Crippen molar-refractivity contribution in [2.75, 3.05) is 18.6 Å². The topological polar surface area (TPSA) is 79.0 Å². The Kier molecular flexibility index (Phi) is 3.70. The normalized spacial score (nSPS) is 23.8. The van der Waals surface area contributed by atoms with Gasteiger partial charge in [-0.15, -0.1) is 0 Å². The summed E-state index contributed by atoms with van der Waals surface area (Å²) >= 11 is 0. The molecule has 2 unspecified atom stereocenters. The van der Waals surface area contributed by atoms with Gasteiger partial charge in [-0.05, 0) is 20.8 Å². The maximum atomic E-state index is 13.8. The van der Waals surface area contributed by atoms with Crippen LogP contribution in [0, 0.1) is 0 Å². The molecule has 0 saturated carbocycles. The molecule has 2 heterocycles. The lowest BCUT2D eigenvalue weighted by molar-refractivity contribution is -0.0692. The smallest absolute Gasteiger partial charge is 0.331 e. The van der Waals surface area contributed by atoms with Crippen molar-refractivity contribution in [3.8, 4) is 0 Å². The van der Waals surface area contributed by atoms with E-state index in [1.165, 1.54) is 31.9 Å². The molecule has 0 radical (unpaired) electrons. The number of rotatable bonds is 4. The number of likely N-dealkylation sites (N-methyl/N-ethyl adjacent to an activating group) is 1. The minimum absolute atomic E-state index is 0.0164. The SMILES string of the molecule is CCOC1C(O)N(c2cc(C(C)(C)F)no2)C(=O)N1C. The fourth-order valence-corrected chi connectivity index (χ4v) is 1.97. The number of aromatic nitrogens is 1. The van der Waals surface area contributed by atoms with E-state index in [0.29, 0.717) is 6.61 Å². The van der Waals surface area contributed by atoms with Crippen molar-refractivity contribution in [1.82, 2.24) is 10.1 Å². The highest BCUT2D eigenvalue weighted by atomic mass is 19.1. The highest BCUT2D eigenvalue weighted by Crippen LogP contribution is 2.32. The van der Waals surface area contributed by atoms with E-state index in [4.69, 9.17) is 9.26 Å². The molecule has 1 saturated heterocycles. The van der Waals surface area contributed by atoms with Crippen LogP contribution in [0.2, 0.25) is 0 Å². The minimum Gasteiger partial charge on any atom is -0.369 e. The summed E-state index contributed by atoms with van der Waals surface area (Å²) in [6.07, 6.45) is -2.05. The van der Waals surface area contributed by atoms with Crippen LogP contribution in [0.15, 0.2) is 10.6 Å². The Morgan fingerprint density at radius 1 is 1.60 bits per heavy atom. The fraction of sp³-hybridized carbons (Fsp3) is 0.667. The zero-order valence-electron chi connectivity index (χ0n) is 11.8. The van der Waals surface area contributed by atoms with Crippen molar-refractivity contribution >= 4 is 11.9 Å². The maximum Gasteiger partial charge on any atom is 0.331 e. The van der Waals surface area contributed by atoms with Crippen LogP contribution in [-0.2, 0) is 10.4 Å². The number of carbonyl (C=O) groups is 1. The molecule has 2 amide bonds. The van der Waals surface area contributed by atoms with Crippen LogP contribution in [0.1, 0.15) is 26.5 Å². The van der Waals surface area contributed by atoms with Crippen LogP contribution in [0.5, 0.6) is 0 Å². The second-order valence-corrected chi connectivity index (χ2v) is 5.05. The van der Waals surface area contributed by atoms with Crippen LogP contribution < -0.4 is 4.90 Å². The lowest BCUT2D eigenvalue weighted by atomic mass is 10.1. The second kappa shape index (κ2) is 5.02. The van der Waals surface area contributed by atoms with Crippen molar-refractivity contribution in [3.63, 3.8) is 0 Å². The van der Waals surface area contributed by atoms with Crippen LogP contribution in [-0.4, -0.2) is 47.3 Å². The number of carbonyl (C=O) groups excluding carboxylic acids is 1. The van der Waals surface area contributed by atoms with E-state index in [1.807, 2.05) is 0 Å². The number of ether oxygens (including phenoxy) is 1. The summed E-state index contributed by atoms with van der Waals surface area (Å²) < 4.78 is 24.0. The van der Waals surface area contributed by atoms with Gasteiger partial charge in [-0.3, -0.25) is 4.90 Å². The Balaban J connectivity index is 2.28. The molecule has 0 aromatic carbocycles. The number of halogens is 1. The molecule has 112 valence electrons. The zero-order chi connectivity index (χ0) is 15.1. The first kappa shape index (κ1) is 14.7. The van der Waals surface area contributed by atoms with Crippen molar-refractivity contribution in [1.29, 1.82) is 0 Å². The van der Waals surface area contributed by atoms with E-state index in [9.17, 15) is 14.3 Å². The van der Waals surface area contributed by atoms with E-state index < -0.39 is 24.2 Å². The van der Waals surface area contributed by atoms with Gasteiger partial charge in [0.05, 0.1) is 0 Å². The predicted octanol–water partition coefficient (Wildman–Crippen LogP) is 1.43. The molecule has 2 rings (SSSR count). The Hall–Kier alpha value is -1.67. The molecule has 2 atom stereocenters. The molecular formula is C12H18FN3O4. The lowest BCUT2D eigenvalue weighted by Gasteiger charge is -2.20. The standard InChI is InChI=1S/C12H18FN3O4/c1-5-19-10-9(17)16(11(18)15(10)4)8-6-7(14-20-8)12(2,3)13/h6,9-10,17H,5H2,1-4H3. The summed E-state index contributed by atoms with van der Waals surface area (Å²) in [7, 11) is 1.50. The summed E-state index contributed by atoms with van der Waals surface area (Å²) in [5, 5.41) is 13.7. The van der Waals surface area contributed by atoms with Crippen LogP contribution >= 0.6 is 0 Å². The van der Waals surface area contributed by atoms with Gasteiger partial charge < -0.3 is 14.4 Å². The second-order valence-electron chi connectivity index (χ2n) is 5.05. The van der Waals surface area contributed by atoms with Gasteiger partial charge in [-0.2, -0.15) is 0 Å². The third-order valence-corrected chi connectivity index (χ3v) is 3.09. The molecule has 0 aliphatic carbocycles. The molecule has 20 heavy (non-hydrogen) atoms. The molecule has 1 aromatic heterocycles. The van der Waals surface area contributed by atoms with Gasteiger partial charge >= 0.3 is 6.03 Å². The van der Waals surface area contributed by atoms with Gasteiger partial charge in [0.15, 0.2) is 18.1 Å². The molecular weight excluding hydrogens is 269 g/mol. The molecule has 1 aliphatic rings. The van der Waals surface area contributed by atoms with Gasteiger partial charge in [0.1, 0.15) is 5.69 Å². The van der Waals surface area contributed by atoms with Crippen molar-refractivity contribution in [2.24, 2.45) is 0 Å². The van der Waals surface area contributed by atoms with Crippen LogP contribution in [0.25, 0.3) is 0 Å². The molecule has 8 heteroatoms. The van der Waals surface area contributed by atoms with Crippen molar-refractivity contribution < 1.29 is 23.6 Å². The van der Waals surface area contributed by atoms with Crippen molar-refractivity contribution in [3.05, 3.63) is 11.8 Å². The average molecular weight is 287 g/mol. The Labute approximate surface area is 115 Å². The summed E-state index contributed by atoms with van der Waals surface area (Å²) in [4.78, 5) is 14.3. The zero-order valence-corrected chi connectivity index (χ0v) is 11.8. The summed E-state index contributed by atoms with van der Waals surface area (Å²) in [6, 6.07) is 0.791. The van der Waals surface area contributed by atoms with Crippen LogP contribution in [0.3, 0.4) is 0 Å². The van der Waals surface area contributed by atoms with E-state index in [2.05, 4.69) is 5.16 Å². The maximum absolute atomic E-state index is 13.8. The molecule has 1 aliphatic heterocycles. The van der Waals surface area contributed by atoms with Crippen LogP contribution in [0.4, 0.5) is 15.1 Å². The Bertz CT molecular complexity index is 499. The van der Waals surface area contributed by atoms with Gasteiger partial charge in [0.25, 0.3) is 0 Å². The quantitative estimate of drug-likeness (QED) is 0.906. The first-order chi connectivity index (χ1) is 9.27. The first-order valence-corrected chi connectivity index (χ1v) is 6.29. The average Bonchev–Trinajstić information content (AvgIpc) is 2.90. The Morgan fingerprint density at radius 2 is 2.25 bits per heavy atom. The van der Waals surface area contributed by atoms with E-state index in [-0.39, 0.29) is 11.6 Å². The van der Waals surface area contributed by atoms with Gasteiger partial charge in [-0.1, -0.05) is 5.16 Å². The largest absolute Gasteiger partial charge is 0.369 e. The third-order valence-electron chi connectivity index (χ3n) is 3.09. The highest BCUT2D eigenvalue weighted by Gasteiger charge is 2.46. The first-order valence-electron chi connectivity index (χ1n) is 6.29. The number of anilines is 1.